The largest absolute Gasteiger partial charge is 0.397 e. The highest BCUT2D eigenvalue weighted by molar-refractivity contribution is 5.91. The van der Waals surface area contributed by atoms with E-state index < -0.39 is 0 Å². The molecule has 0 aliphatic heterocycles. The molecule has 3 heterocycles. The molecule has 0 atom stereocenters. The molecule has 2 N–H and O–H groups in total. The molecule has 0 radical (unpaired) electrons. The molecule has 5 heteroatoms. The van der Waals surface area contributed by atoms with Gasteiger partial charge in [0.1, 0.15) is 5.69 Å². The van der Waals surface area contributed by atoms with Gasteiger partial charge in [-0.3, -0.25) is 4.68 Å². The second kappa shape index (κ2) is 4.73. The summed E-state index contributed by atoms with van der Waals surface area (Å²) >= 11 is 0. The lowest BCUT2D eigenvalue weighted by atomic mass is 10.0. The first kappa shape index (κ1) is 12.6. The molecule has 0 aliphatic carbocycles. The molecule has 0 aliphatic rings. The fourth-order valence-electron chi connectivity index (χ4n) is 2.73. The quantitative estimate of drug-likeness (QED) is 0.617. The molecule has 4 aromatic rings. The van der Waals surface area contributed by atoms with Crippen LogP contribution in [-0.4, -0.2) is 19.4 Å². The van der Waals surface area contributed by atoms with E-state index in [4.69, 9.17) is 10.8 Å². The highest BCUT2D eigenvalue weighted by atomic mass is 15.3. The maximum atomic E-state index is 5.89. The Hall–Kier alpha value is -3.08. The van der Waals surface area contributed by atoms with Crippen molar-refractivity contribution in [3.63, 3.8) is 0 Å². The zero-order valence-corrected chi connectivity index (χ0v) is 12.1. The minimum Gasteiger partial charge on any atom is -0.397 e. The molecule has 0 spiro atoms. The van der Waals surface area contributed by atoms with Crippen LogP contribution in [0.15, 0.2) is 60.9 Å². The Bertz CT molecular complexity index is 950. The Morgan fingerprint density at radius 3 is 2.55 bits per heavy atom. The number of fused-ring (bicyclic) bond motifs is 1. The van der Waals surface area contributed by atoms with Crippen molar-refractivity contribution in [3.05, 3.63) is 60.9 Å². The summed E-state index contributed by atoms with van der Waals surface area (Å²) in [5, 5.41) is 9.02. The van der Waals surface area contributed by atoms with E-state index >= 15 is 0 Å². The lowest BCUT2D eigenvalue weighted by molar-refractivity contribution is 0.776. The van der Waals surface area contributed by atoms with E-state index in [2.05, 4.69) is 17.2 Å². The van der Waals surface area contributed by atoms with Crippen molar-refractivity contribution in [2.45, 2.75) is 0 Å². The molecular weight excluding hydrogens is 274 g/mol. The van der Waals surface area contributed by atoms with Gasteiger partial charge in [0.15, 0.2) is 0 Å². The summed E-state index contributed by atoms with van der Waals surface area (Å²) < 4.78 is 3.69. The van der Waals surface area contributed by atoms with Gasteiger partial charge in [0.05, 0.1) is 28.7 Å². The van der Waals surface area contributed by atoms with Crippen LogP contribution in [0.4, 0.5) is 5.69 Å². The first-order valence-corrected chi connectivity index (χ1v) is 7.06. The number of pyridine rings is 1. The van der Waals surface area contributed by atoms with Gasteiger partial charge in [-0.05, 0) is 18.2 Å². The first-order valence-electron chi connectivity index (χ1n) is 7.06. The highest BCUT2D eigenvalue weighted by Crippen LogP contribution is 2.34. The molecule has 0 fully saturated rings. The number of nitrogens with two attached hydrogens (primary N) is 1. The maximum Gasteiger partial charge on any atom is 0.103 e. The van der Waals surface area contributed by atoms with Crippen molar-refractivity contribution in [1.29, 1.82) is 0 Å². The summed E-state index contributed by atoms with van der Waals surface area (Å²) in [6.45, 7) is 0. The summed E-state index contributed by atoms with van der Waals surface area (Å²) in [5.74, 6) is 0. The van der Waals surface area contributed by atoms with Crippen LogP contribution >= 0.6 is 0 Å². The number of nitrogen functional groups attached to an aromatic ring is 1. The van der Waals surface area contributed by atoms with Gasteiger partial charge in [-0.2, -0.15) is 10.2 Å². The van der Waals surface area contributed by atoms with Gasteiger partial charge < -0.3 is 5.73 Å². The van der Waals surface area contributed by atoms with Crippen LogP contribution < -0.4 is 5.73 Å². The molecule has 0 amide bonds. The van der Waals surface area contributed by atoms with E-state index in [0.717, 1.165) is 28.0 Å². The predicted molar refractivity (Wildman–Crippen MR) is 87.2 cm³/mol. The van der Waals surface area contributed by atoms with Crippen LogP contribution in [0.5, 0.6) is 0 Å². The van der Waals surface area contributed by atoms with Crippen LogP contribution in [0.1, 0.15) is 0 Å². The number of hydrogen-bond acceptors (Lipinski definition) is 3. The zero-order chi connectivity index (χ0) is 15.1. The van der Waals surface area contributed by atoms with Gasteiger partial charge in [-0.1, -0.05) is 30.3 Å². The molecule has 1 aromatic carbocycles. The third-order valence-corrected chi connectivity index (χ3v) is 3.78. The monoisotopic (exact) mass is 289 g/mol. The number of hydrogen-bond donors (Lipinski definition) is 1. The van der Waals surface area contributed by atoms with Crippen molar-refractivity contribution in [2.24, 2.45) is 7.05 Å². The minimum absolute atomic E-state index is 0.686. The van der Waals surface area contributed by atoms with Crippen LogP contribution in [0.25, 0.3) is 28.0 Å². The number of anilines is 1. The molecule has 0 saturated heterocycles. The molecule has 0 saturated carbocycles. The molecule has 22 heavy (non-hydrogen) atoms. The van der Waals surface area contributed by atoms with Crippen LogP contribution in [0, 0.1) is 0 Å². The predicted octanol–water partition coefficient (Wildman–Crippen LogP) is 2.98. The Labute approximate surface area is 127 Å². The smallest absolute Gasteiger partial charge is 0.103 e. The molecule has 0 bridgehead atoms. The van der Waals surface area contributed by atoms with E-state index in [1.54, 1.807) is 6.20 Å². The van der Waals surface area contributed by atoms with E-state index in [0.29, 0.717) is 5.69 Å². The third-order valence-electron chi connectivity index (χ3n) is 3.78. The second-order valence-electron chi connectivity index (χ2n) is 5.22. The number of aryl methyl sites for hydroxylation is 1. The standard InChI is InChI=1S/C17H15N5/c1-21-14(9-10-19-21)16-15-8-7-13(18)11-22(15)20-17(16)12-5-3-2-4-6-12/h2-11H,18H2,1H3. The summed E-state index contributed by atoms with van der Waals surface area (Å²) in [6.07, 6.45) is 3.63. The SMILES string of the molecule is Cn1nccc1-c1c(-c2ccccc2)nn2cc(N)ccc12. The third kappa shape index (κ3) is 1.87. The summed E-state index contributed by atoms with van der Waals surface area (Å²) in [4.78, 5) is 0. The fourth-order valence-corrected chi connectivity index (χ4v) is 2.73. The lowest BCUT2D eigenvalue weighted by Crippen LogP contribution is -1.94. The van der Waals surface area contributed by atoms with Gasteiger partial charge in [0.2, 0.25) is 0 Å². The molecule has 3 aromatic heterocycles. The molecule has 5 nitrogen and oxygen atoms in total. The average Bonchev–Trinajstić information content (AvgIpc) is 3.10. The van der Waals surface area contributed by atoms with Gasteiger partial charge in [-0.15, -0.1) is 0 Å². The van der Waals surface area contributed by atoms with E-state index in [9.17, 15) is 0 Å². The van der Waals surface area contributed by atoms with Crippen molar-refractivity contribution in [3.8, 4) is 22.5 Å². The van der Waals surface area contributed by atoms with Gasteiger partial charge in [0, 0.05) is 18.8 Å². The Morgan fingerprint density at radius 2 is 1.82 bits per heavy atom. The molecular formula is C17H15N5. The molecule has 108 valence electrons. The van der Waals surface area contributed by atoms with Crippen LogP contribution in [0.3, 0.4) is 0 Å². The fraction of sp³-hybridized carbons (Fsp3) is 0.0588. The Kier molecular flexibility index (Phi) is 2.72. The number of benzene rings is 1. The van der Waals surface area contributed by atoms with Crippen molar-refractivity contribution in [1.82, 2.24) is 19.4 Å². The van der Waals surface area contributed by atoms with Gasteiger partial charge in [-0.25, -0.2) is 4.52 Å². The topological polar surface area (TPSA) is 61.1 Å². The minimum atomic E-state index is 0.686. The summed E-state index contributed by atoms with van der Waals surface area (Å²) in [5.41, 5.74) is 11.7. The average molecular weight is 289 g/mol. The number of aromatic nitrogens is 4. The van der Waals surface area contributed by atoms with Crippen LogP contribution in [-0.2, 0) is 7.05 Å². The highest BCUT2D eigenvalue weighted by Gasteiger charge is 2.18. The Balaban J connectivity index is 2.09. The van der Waals surface area contributed by atoms with E-state index in [1.165, 1.54) is 0 Å². The van der Waals surface area contributed by atoms with Crippen molar-refractivity contribution >= 4 is 11.2 Å². The van der Waals surface area contributed by atoms with Crippen molar-refractivity contribution in [2.75, 3.05) is 5.73 Å². The maximum absolute atomic E-state index is 5.89. The summed E-state index contributed by atoms with van der Waals surface area (Å²) in [6, 6.07) is 16.0. The molecule has 4 rings (SSSR count). The number of rotatable bonds is 2. The van der Waals surface area contributed by atoms with Crippen LogP contribution in [0.2, 0.25) is 0 Å². The second-order valence-corrected chi connectivity index (χ2v) is 5.22. The van der Waals surface area contributed by atoms with Gasteiger partial charge >= 0.3 is 0 Å². The zero-order valence-electron chi connectivity index (χ0n) is 12.1. The van der Waals surface area contributed by atoms with Crippen molar-refractivity contribution < 1.29 is 0 Å². The summed E-state index contributed by atoms with van der Waals surface area (Å²) in [7, 11) is 1.94. The van der Waals surface area contributed by atoms with Gasteiger partial charge in [0.25, 0.3) is 0 Å². The number of nitrogens with zero attached hydrogens (tertiary/aromatic N) is 4. The first-order chi connectivity index (χ1) is 10.7. The Morgan fingerprint density at radius 1 is 1.00 bits per heavy atom. The molecule has 0 unspecified atom stereocenters. The van der Waals surface area contributed by atoms with E-state index in [1.807, 2.05) is 58.8 Å². The lowest BCUT2D eigenvalue weighted by Gasteiger charge is -2.04. The van der Waals surface area contributed by atoms with E-state index in [-0.39, 0.29) is 0 Å². The normalized spacial score (nSPS) is 11.1.